The quantitative estimate of drug-likeness (QED) is 0.0124. The molecule has 0 aliphatic heterocycles. The number of thiol groups is 1. The van der Waals surface area contributed by atoms with Gasteiger partial charge in [0, 0.05) is 73.7 Å². The van der Waals surface area contributed by atoms with Crippen LogP contribution in [-0.2, 0) is 53.4 Å². The Labute approximate surface area is 574 Å². The molecule has 0 radical (unpaired) electrons. The molecular formula is C54H120IKO10S7Si4. The van der Waals surface area contributed by atoms with Crippen molar-refractivity contribution in [1.82, 2.24) is 0 Å². The number of aliphatic hydroxyl groups is 1. The summed E-state index contributed by atoms with van der Waals surface area (Å²) >= 11 is 29.1. The fourth-order valence-corrected chi connectivity index (χ4v) is 21.6. The van der Waals surface area contributed by atoms with Crippen molar-refractivity contribution in [2.45, 2.75) is 268 Å². The van der Waals surface area contributed by atoms with E-state index in [0.29, 0.717) is 48.4 Å². The first-order valence-electron chi connectivity index (χ1n) is 28.7. The summed E-state index contributed by atoms with van der Waals surface area (Å²) in [5.41, 5.74) is 1.90. The molecule has 0 spiro atoms. The molecule has 0 aromatic heterocycles. The van der Waals surface area contributed by atoms with Crippen molar-refractivity contribution in [3.8, 4) is 0 Å². The Bertz CT molecular complexity index is 1270. The molecular weight excluding hydrogens is 1310 g/mol. The van der Waals surface area contributed by atoms with Crippen molar-refractivity contribution in [2.24, 2.45) is 0 Å². The van der Waals surface area contributed by atoms with Crippen LogP contribution in [0.25, 0.3) is 0 Å². The molecule has 1 saturated carbocycles. The second-order valence-corrected chi connectivity index (χ2v) is 42.8. The summed E-state index contributed by atoms with van der Waals surface area (Å²) in [6.45, 7) is 50.4. The third-order valence-electron chi connectivity index (χ3n) is 11.1. The second kappa shape index (κ2) is 62.9. The van der Waals surface area contributed by atoms with E-state index in [9.17, 15) is 0 Å². The number of alkyl halides is 1. The van der Waals surface area contributed by atoms with Gasteiger partial charge >= 0.3 is 69.0 Å². The van der Waals surface area contributed by atoms with Crippen molar-refractivity contribution in [2.75, 3.05) is 61.3 Å². The molecule has 0 heterocycles. The first kappa shape index (κ1) is 94.6. The van der Waals surface area contributed by atoms with E-state index in [-0.39, 0.29) is 80.2 Å². The predicted molar refractivity (Wildman–Crippen MR) is 376 cm³/mol. The summed E-state index contributed by atoms with van der Waals surface area (Å²) in [5.74, 6) is 3.07. The molecule has 0 unspecified atom stereocenters. The molecule has 0 saturated heterocycles. The van der Waals surface area contributed by atoms with Crippen LogP contribution in [0.5, 0.6) is 0 Å². The smallest absolute Gasteiger partial charge is 0.511 e. The van der Waals surface area contributed by atoms with Crippen LogP contribution in [0.2, 0.25) is 61.4 Å². The number of hydrogen-bond acceptors (Lipinski definition) is 17. The van der Waals surface area contributed by atoms with Gasteiger partial charge in [0.25, 0.3) is 0 Å². The van der Waals surface area contributed by atoms with Gasteiger partial charge < -0.3 is 70.7 Å². The van der Waals surface area contributed by atoms with E-state index in [1.807, 2.05) is 83.1 Å². The number of thioether (sulfide) groups is 2. The average molecular weight is 1430 g/mol. The summed E-state index contributed by atoms with van der Waals surface area (Å²) in [4.78, 5) is 0. The zero-order valence-electron chi connectivity index (χ0n) is 53.6. The number of thiocarbonyl (C=S) groups is 3. The normalized spacial score (nSPS) is 12.7. The average Bonchev–Trinajstić information content (AvgIpc) is 4.21. The van der Waals surface area contributed by atoms with E-state index in [1.165, 1.54) is 57.0 Å². The van der Waals surface area contributed by atoms with E-state index in [1.54, 1.807) is 37.4 Å². The van der Waals surface area contributed by atoms with E-state index in [4.69, 9.17) is 70.3 Å². The maximum atomic E-state index is 8.06. The van der Waals surface area contributed by atoms with Crippen LogP contribution in [0.15, 0.2) is 0 Å². The number of ether oxygens (including phenoxy) is 3. The van der Waals surface area contributed by atoms with Gasteiger partial charge in [0.05, 0.1) is 34.5 Å². The summed E-state index contributed by atoms with van der Waals surface area (Å²) in [7, 11) is -6.70. The topological polar surface area (TPSA) is 103 Å². The molecule has 2 atom stereocenters. The largest absolute Gasteiger partial charge is 1.00 e. The van der Waals surface area contributed by atoms with E-state index >= 15 is 0 Å². The maximum absolute atomic E-state index is 8.06. The fourth-order valence-electron chi connectivity index (χ4n) is 6.19. The van der Waals surface area contributed by atoms with Crippen molar-refractivity contribution in [3.05, 3.63) is 0 Å². The molecule has 1 aliphatic carbocycles. The van der Waals surface area contributed by atoms with Crippen molar-refractivity contribution >= 4 is 155 Å². The second-order valence-electron chi connectivity index (χ2n) is 20.5. The zero-order valence-corrected chi connectivity index (χ0v) is 68.7. The predicted octanol–water partition coefficient (Wildman–Crippen LogP) is 15.7. The van der Waals surface area contributed by atoms with Gasteiger partial charge in [-0.3, -0.25) is 0 Å². The van der Waals surface area contributed by atoms with Crippen LogP contribution >= 0.6 is 95.4 Å². The van der Waals surface area contributed by atoms with Gasteiger partial charge in [-0.2, -0.15) is 12.6 Å². The Morgan fingerprint density at radius 1 is 0.519 bits per heavy atom. The third-order valence-corrected chi connectivity index (χ3v) is 30.6. The van der Waals surface area contributed by atoms with Gasteiger partial charge in [-0.1, -0.05) is 144 Å². The Hall–Kier alpha value is 3.89. The Morgan fingerprint density at radius 2 is 0.792 bits per heavy atom. The minimum Gasteiger partial charge on any atom is -0.511 e. The Kier molecular flexibility index (Phi) is 77.3. The molecule has 0 amide bonds. The van der Waals surface area contributed by atoms with Crippen molar-refractivity contribution in [3.63, 3.8) is 0 Å². The SMILES string of the molecule is C1CC1.CC(C)O.CC(C)OC(=S)[S-].CCO[Si](CCCI)(OCC)OCC.CCO[Si](CCCSC(=S)OC(C)C)(OCC)OCC.CC[C@H](C)[Si](C)(C)CCCS.CC[C@H](C)[Si](C)(C)CCCSC(=S)OC(C)C.[K+]. The molecule has 77 heavy (non-hydrogen) atoms. The molecule has 10 nitrogen and oxygen atoms in total. The summed E-state index contributed by atoms with van der Waals surface area (Å²) in [6, 6.07) is 4.61. The first-order valence-corrected chi connectivity index (χ1v) is 44.9. The van der Waals surface area contributed by atoms with Gasteiger partial charge in [0.1, 0.15) is 0 Å². The minimum atomic E-state index is -2.50. The zero-order chi connectivity index (χ0) is 60.2. The maximum Gasteiger partial charge on any atom is 1.00 e. The van der Waals surface area contributed by atoms with Crippen molar-refractivity contribution < 1.29 is 97.3 Å². The Balaban J connectivity index is -0.000000158. The van der Waals surface area contributed by atoms with E-state index in [2.05, 4.69) is 114 Å². The standard InChI is InChI=1S/C13H28O4S2Si.C13H28OS2Si.C9H21IO3Si.C9H22SSi.C4H8OS2.C3H8O.C3H6.K/c1-6-14-20(15-7-2,16-8-3)11-9-10-19-13(18)17-12(4)5;1-7-12(4)17(5,6)10-8-9-16-13(15)14-11(2)3;1-4-11-14(12-5-2,13-6-3)9-7-8-10;1-5-9(2)11(3,4)8-6-7-10;1-3(2)5-4(6)7;1-3(2)4;1-2-3-1;/h12H,6-11H2,1-5H3;11-12H,7-10H2,1-6H3;4-9H2,1-3H3;9-10H,5-8H2,1-4H3;3H,1-2H3,(H,6,7);3-4H,1-2H3;1-3H2;/q;;;;;;;+1/p-1/t;12-;;9-;;;;/m.0.0..../s1. The number of halogens is 1. The Morgan fingerprint density at radius 3 is 1.00 bits per heavy atom. The van der Waals surface area contributed by atoms with Gasteiger partial charge in [-0.15, -0.1) is 0 Å². The molecule has 1 aliphatic rings. The molecule has 0 aromatic carbocycles. The van der Waals surface area contributed by atoms with Gasteiger partial charge in [0.2, 0.25) is 8.77 Å². The van der Waals surface area contributed by atoms with Crippen LogP contribution in [-0.4, -0.2) is 138 Å². The molecule has 0 aromatic rings. The van der Waals surface area contributed by atoms with Crippen LogP contribution in [0.1, 0.15) is 182 Å². The first-order chi connectivity index (χ1) is 35.4. The summed E-state index contributed by atoms with van der Waals surface area (Å²) < 4.78 is 52.9. The monoisotopic (exact) mass is 1430 g/mol. The molecule has 462 valence electrons. The van der Waals surface area contributed by atoms with Crippen LogP contribution in [0, 0.1) is 0 Å². The third kappa shape index (κ3) is 70.5. The van der Waals surface area contributed by atoms with Crippen LogP contribution in [0.4, 0.5) is 0 Å². The minimum absolute atomic E-state index is 0. The van der Waals surface area contributed by atoms with Gasteiger partial charge in [0.15, 0.2) is 0 Å². The number of aliphatic hydroxyl groups excluding tert-OH is 1. The van der Waals surface area contributed by atoms with Gasteiger partial charge in [-0.05, 0) is 168 Å². The number of rotatable bonds is 33. The molecule has 1 rings (SSSR count). The van der Waals surface area contributed by atoms with Crippen LogP contribution in [0.3, 0.4) is 0 Å². The number of hydrogen-bond donors (Lipinski definition) is 2. The fraction of sp³-hybridized carbons (Fsp3) is 0.944. The molecule has 1 fully saturated rings. The molecule has 1 N–H and O–H groups in total. The summed E-state index contributed by atoms with van der Waals surface area (Å²) in [6.07, 6.45) is 12.1. The van der Waals surface area contributed by atoms with E-state index in [0.717, 1.165) is 57.7 Å². The molecule has 23 heteroatoms. The van der Waals surface area contributed by atoms with E-state index < -0.39 is 33.8 Å². The summed E-state index contributed by atoms with van der Waals surface area (Å²) in [5, 5.41) is 8.06. The van der Waals surface area contributed by atoms with Crippen molar-refractivity contribution in [1.29, 1.82) is 0 Å². The van der Waals surface area contributed by atoms with Crippen LogP contribution < -0.4 is 51.4 Å². The van der Waals surface area contributed by atoms with Gasteiger partial charge in [-0.25, -0.2) is 0 Å². The molecule has 0 bridgehead atoms.